The molecule has 0 amide bonds. The Morgan fingerprint density at radius 3 is 2.73 bits per heavy atom. The zero-order valence-corrected chi connectivity index (χ0v) is 18.2. The summed E-state index contributed by atoms with van der Waals surface area (Å²) in [6.45, 7) is 3.73. The first-order chi connectivity index (χ1) is 16.0. The molecule has 1 aromatic carbocycles. The number of hydrogen-bond donors (Lipinski definition) is 1. The number of benzene rings is 1. The lowest BCUT2D eigenvalue weighted by atomic mass is 10.0. The SMILES string of the molecule is Cc1nc(-c2ccc([C@H]3CN(c4nc(-c5ccncc5F)cc(=O)n4C)CCN3)cc2)no1. The van der Waals surface area contributed by atoms with Crippen molar-refractivity contribution in [1.29, 1.82) is 0 Å². The molecule has 0 radical (unpaired) electrons. The maximum atomic E-state index is 14.3. The van der Waals surface area contributed by atoms with E-state index in [4.69, 9.17) is 4.52 Å². The Kier molecular flexibility index (Phi) is 5.43. The van der Waals surface area contributed by atoms with E-state index in [9.17, 15) is 9.18 Å². The van der Waals surface area contributed by atoms with Crippen molar-refractivity contribution in [2.45, 2.75) is 13.0 Å². The van der Waals surface area contributed by atoms with Gasteiger partial charge in [0.25, 0.3) is 5.56 Å². The minimum Gasteiger partial charge on any atom is -0.339 e. The van der Waals surface area contributed by atoms with Gasteiger partial charge >= 0.3 is 0 Å². The van der Waals surface area contributed by atoms with Gasteiger partial charge in [0.15, 0.2) is 5.82 Å². The van der Waals surface area contributed by atoms with E-state index in [2.05, 4.69) is 25.4 Å². The van der Waals surface area contributed by atoms with E-state index in [1.807, 2.05) is 29.2 Å². The summed E-state index contributed by atoms with van der Waals surface area (Å²) in [5.41, 5.74) is 2.26. The van der Waals surface area contributed by atoms with Crippen LogP contribution in [0.15, 0.2) is 58.1 Å². The molecular formula is C23H22FN7O2. The summed E-state index contributed by atoms with van der Waals surface area (Å²) in [5, 5.41) is 7.47. The van der Waals surface area contributed by atoms with Crippen molar-refractivity contribution < 1.29 is 8.91 Å². The standard InChI is InChI=1S/C23H22FN7O2/c1-14-27-22(29-33-14)16-5-3-15(4-6-16)20-13-31(10-9-26-20)23-28-19(11-21(32)30(23)2)17-7-8-25-12-18(17)24/h3-8,11-12,20,26H,9-10,13H2,1-2H3/t20-/m1/s1. The van der Waals surface area contributed by atoms with E-state index in [0.717, 1.165) is 17.3 Å². The summed E-state index contributed by atoms with van der Waals surface area (Å²) >= 11 is 0. The van der Waals surface area contributed by atoms with Crippen molar-refractivity contribution in [3.8, 4) is 22.6 Å². The maximum absolute atomic E-state index is 14.3. The van der Waals surface area contributed by atoms with Crippen molar-refractivity contribution in [1.82, 2.24) is 30.0 Å². The summed E-state index contributed by atoms with van der Waals surface area (Å²) in [4.78, 5) is 27.4. The van der Waals surface area contributed by atoms with Gasteiger partial charge in [-0.3, -0.25) is 14.3 Å². The monoisotopic (exact) mass is 447 g/mol. The normalized spacial score (nSPS) is 16.2. The van der Waals surface area contributed by atoms with E-state index in [0.29, 0.717) is 43.0 Å². The molecule has 0 unspecified atom stereocenters. The minimum atomic E-state index is -0.515. The molecule has 1 atom stereocenters. The van der Waals surface area contributed by atoms with Gasteiger partial charge in [0.2, 0.25) is 17.7 Å². The Labute approximate surface area is 188 Å². The number of aromatic nitrogens is 5. The Balaban J connectivity index is 1.42. The van der Waals surface area contributed by atoms with Crippen molar-refractivity contribution >= 4 is 5.95 Å². The number of rotatable bonds is 4. The van der Waals surface area contributed by atoms with Crippen LogP contribution in [-0.4, -0.2) is 44.3 Å². The summed E-state index contributed by atoms with van der Waals surface area (Å²) in [5.74, 6) is 1.06. The summed E-state index contributed by atoms with van der Waals surface area (Å²) in [7, 11) is 1.68. The van der Waals surface area contributed by atoms with E-state index < -0.39 is 5.82 Å². The van der Waals surface area contributed by atoms with E-state index in [-0.39, 0.29) is 17.2 Å². The highest BCUT2D eigenvalue weighted by Crippen LogP contribution is 2.25. The largest absolute Gasteiger partial charge is 0.339 e. The molecule has 1 N–H and O–H groups in total. The number of halogens is 1. The van der Waals surface area contributed by atoms with Gasteiger partial charge in [-0.2, -0.15) is 4.98 Å². The quantitative estimate of drug-likeness (QED) is 0.509. The number of nitrogens with zero attached hydrogens (tertiary/aromatic N) is 6. The van der Waals surface area contributed by atoms with E-state index >= 15 is 0 Å². The first-order valence-electron chi connectivity index (χ1n) is 10.6. The summed E-state index contributed by atoms with van der Waals surface area (Å²) < 4.78 is 20.8. The molecule has 0 spiro atoms. The van der Waals surface area contributed by atoms with Gasteiger partial charge in [0.1, 0.15) is 0 Å². The molecule has 10 heteroatoms. The molecule has 33 heavy (non-hydrogen) atoms. The van der Waals surface area contributed by atoms with Crippen LogP contribution in [0.2, 0.25) is 0 Å². The zero-order valence-electron chi connectivity index (χ0n) is 18.2. The van der Waals surface area contributed by atoms with Crippen LogP contribution in [0.1, 0.15) is 17.5 Å². The second-order valence-electron chi connectivity index (χ2n) is 7.91. The fraction of sp³-hybridized carbons (Fsp3) is 0.261. The van der Waals surface area contributed by atoms with Crippen molar-refractivity contribution in [2.24, 2.45) is 7.05 Å². The van der Waals surface area contributed by atoms with Crippen LogP contribution in [0.25, 0.3) is 22.6 Å². The second-order valence-corrected chi connectivity index (χ2v) is 7.91. The van der Waals surface area contributed by atoms with E-state index in [1.165, 1.54) is 22.9 Å². The van der Waals surface area contributed by atoms with Gasteiger partial charge in [-0.05, 0) is 11.6 Å². The van der Waals surface area contributed by atoms with Gasteiger partial charge in [-0.15, -0.1) is 0 Å². The number of hydrogen-bond acceptors (Lipinski definition) is 8. The molecule has 0 saturated carbocycles. The first-order valence-corrected chi connectivity index (χ1v) is 10.6. The highest BCUT2D eigenvalue weighted by molar-refractivity contribution is 5.60. The molecule has 0 aliphatic carbocycles. The predicted octanol–water partition coefficient (Wildman–Crippen LogP) is 2.49. The minimum absolute atomic E-state index is 0.0259. The lowest BCUT2D eigenvalue weighted by Crippen LogP contribution is -2.47. The third-order valence-electron chi connectivity index (χ3n) is 5.72. The Bertz CT molecular complexity index is 1350. The smallest absolute Gasteiger partial charge is 0.255 e. The number of piperazine rings is 1. The third-order valence-corrected chi connectivity index (χ3v) is 5.72. The molecule has 1 fully saturated rings. The molecule has 1 saturated heterocycles. The van der Waals surface area contributed by atoms with Gasteiger partial charge in [0, 0.05) is 63.0 Å². The molecule has 1 aliphatic heterocycles. The number of nitrogens with one attached hydrogen (secondary N) is 1. The highest BCUT2D eigenvalue weighted by atomic mass is 19.1. The van der Waals surface area contributed by atoms with Gasteiger partial charge < -0.3 is 14.7 Å². The average Bonchev–Trinajstić information content (AvgIpc) is 3.27. The fourth-order valence-corrected chi connectivity index (χ4v) is 3.97. The summed E-state index contributed by atoms with van der Waals surface area (Å²) in [6, 6.07) is 10.9. The van der Waals surface area contributed by atoms with Crippen LogP contribution >= 0.6 is 0 Å². The van der Waals surface area contributed by atoms with Crippen LogP contribution < -0.4 is 15.8 Å². The van der Waals surface area contributed by atoms with Crippen molar-refractivity contribution in [3.05, 3.63) is 76.4 Å². The van der Waals surface area contributed by atoms with Crippen LogP contribution in [0.3, 0.4) is 0 Å². The highest BCUT2D eigenvalue weighted by Gasteiger charge is 2.24. The molecule has 5 rings (SSSR count). The molecule has 1 aliphatic rings. The topological polar surface area (TPSA) is 102 Å². The lowest BCUT2D eigenvalue weighted by molar-refractivity contribution is 0.394. The number of pyridine rings is 1. The molecule has 9 nitrogen and oxygen atoms in total. The predicted molar refractivity (Wildman–Crippen MR) is 120 cm³/mol. The lowest BCUT2D eigenvalue weighted by Gasteiger charge is -2.35. The van der Waals surface area contributed by atoms with Crippen molar-refractivity contribution in [3.63, 3.8) is 0 Å². The third kappa shape index (κ3) is 4.12. The van der Waals surface area contributed by atoms with Crippen LogP contribution in [0.4, 0.5) is 10.3 Å². The van der Waals surface area contributed by atoms with Crippen LogP contribution in [0.5, 0.6) is 0 Å². The van der Waals surface area contributed by atoms with Gasteiger partial charge in [-0.25, -0.2) is 9.37 Å². The first kappa shape index (κ1) is 21.0. The second kappa shape index (κ2) is 8.55. The molecule has 4 aromatic rings. The molecule has 3 aromatic heterocycles. The summed E-state index contributed by atoms with van der Waals surface area (Å²) in [6.07, 6.45) is 2.60. The maximum Gasteiger partial charge on any atom is 0.255 e. The molecular weight excluding hydrogens is 425 g/mol. The molecule has 4 heterocycles. The molecule has 168 valence electrons. The van der Waals surface area contributed by atoms with Crippen molar-refractivity contribution in [2.75, 3.05) is 24.5 Å². The average molecular weight is 447 g/mol. The Hall–Kier alpha value is -3.92. The Morgan fingerprint density at radius 2 is 2.00 bits per heavy atom. The van der Waals surface area contributed by atoms with Gasteiger partial charge in [0.05, 0.1) is 11.9 Å². The number of anilines is 1. The fourth-order valence-electron chi connectivity index (χ4n) is 3.97. The number of aryl methyl sites for hydroxylation is 1. The van der Waals surface area contributed by atoms with Gasteiger partial charge in [-0.1, -0.05) is 29.4 Å². The van der Waals surface area contributed by atoms with Crippen LogP contribution in [0, 0.1) is 12.7 Å². The van der Waals surface area contributed by atoms with Crippen LogP contribution in [-0.2, 0) is 7.05 Å². The zero-order chi connectivity index (χ0) is 22.9. The Morgan fingerprint density at radius 1 is 1.18 bits per heavy atom. The van der Waals surface area contributed by atoms with E-state index in [1.54, 1.807) is 14.0 Å². The molecule has 0 bridgehead atoms.